The number of hydrogen-bond donors (Lipinski definition) is 1. The molecule has 1 aromatic heterocycles. The molecular formula is C20H20N4O. The van der Waals surface area contributed by atoms with Gasteiger partial charge in [0.25, 0.3) is 0 Å². The third-order valence-electron chi connectivity index (χ3n) is 4.67. The first kappa shape index (κ1) is 15.6. The van der Waals surface area contributed by atoms with E-state index in [1.807, 2.05) is 23.1 Å². The SMILES string of the molecule is CC(=O)N1CCC(Nc2nccc(-c3ccc4ccccc4c3)n2)C1. The van der Waals surface area contributed by atoms with Crippen LogP contribution in [0.4, 0.5) is 5.95 Å². The highest BCUT2D eigenvalue weighted by atomic mass is 16.2. The van der Waals surface area contributed by atoms with Crippen LogP contribution >= 0.6 is 0 Å². The number of nitrogens with zero attached hydrogens (tertiary/aromatic N) is 3. The topological polar surface area (TPSA) is 58.1 Å². The van der Waals surface area contributed by atoms with Crippen molar-refractivity contribution in [3.05, 3.63) is 54.7 Å². The molecule has 126 valence electrons. The van der Waals surface area contributed by atoms with Crippen LogP contribution < -0.4 is 5.32 Å². The van der Waals surface area contributed by atoms with E-state index in [9.17, 15) is 4.79 Å². The zero-order chi connectivity index (χ0) is 17.2. The molecule has 1 fully saturated rings. The number of amides is 1. The normalized spacial score (nSPS) is 17.0. The van der Waals surface area contributed by atoms with Gasteiger partial charge in [-0.1, -0.05) is 36.4 Å². The average Bonchev–Trinajstić information content (AvgIpc) is 3.10. The van der Waals surface area contributed by atoms with Gasteiger partial charge in [-0.2, -0.15) is 0 Å². The van der Waals surface area contributed by atoms with Crippen molar-refractivity contribution in [3.8, 4) is 11.3 Å². The van der Waals surface area contributed by atoms with Crippen LogP contribution in [0.3, 0.4) is 0 Å². The van der Waals surface area contributed by atoms with Crippen molar-refractivity contribution < 1.29 is 4.79 Å². The Bertz CT molecular complexity index is 924. The molecule has 25 heavy (non-hydrogen) atoms. The number of carbonyl (C=O) groups excluding carboxylic acids is 1. The van der Waals surface area contributed by atoms with Crippen molar-refractivity contribution in [2.24, 2.45) is 0 Å². The van der Waals surface area contributed by atoms with Gasteiger partial charge in [0.1, 0.15) is 0 Å². The van der Waals surface area contributed by atoms with E-state index in [4.69, 9.17) is 0 Å². The molecule has 5 nitrogen and oxygen atoms in total. The van der Waals surface area contributed by atoms with E-state index in [1.54, 1.807) is 13.1 Å². The Balaban J connectivity index is 1.55. The summed E-state index contributed by atoms with van der Waals surface area (Å²) in [6.07, 6.45) is 2.70. The molecule has 1 atom stereocenters. The van der Waals surface area contributed by atoms with Gasteiger partial charge in [0.15, 0.2) is 0 Å². The summed E-state index contributed by atoms with van der Waals surface area (Å²) in [4.78, 5) is 22.3. The molecule has 3 aromatic rings. The predicted octanol–water partition coefficient (Wildman–Crippen LogP) is 3.33. The van der Waals surface area contributed by atoms with Crippen LogP contribution in [0.2, 0.25) is 0 Å². The maximum atomic E-state index is 11.5. The van der Waals surface area contributed by atoms with Crippen molar-refractivity contribution in [3.63, 3.8) is 0 Å². The predicted molar refractivity (Wildman–Crippen MR) is 99.3 cm³/mol. The van der Waals surface area contributed by atoms with Gasteiger partial charge in [0.05, 0.1) is 5.69 Å². The summed E-state index contributed by atoms with van der Waals surface area (Å²) in [6.45, 7) is 3.11. The van der Waals surface area contributed by atoms with Gasteiger partial charge in [0, 0.05) is 37.8 Å². The number of likely N-dealkylation sites (tertiary alicyclic amines) is 1. The largest absolute Gasteiger partial charge is 0.350 e. The Morgan fingerprint density at radius 1 is 1.16 bits per heavy atom. The fourth-order valence-electron chi connectivity index (χ4n) is 3.28. The summed E-state index contributed by atoms with van der Waals surface area (Å²) in [5.41, 5.74) is 1.96. The molecule has 0 spiro atoms. The zero-order valence-corrected chi connectivity index (χ0v) is 14.1. The molecule has 1 N–H and O–H groups in total. The molecule has 2 aromatic carbocycles. The first-order valence-corrected chi connectivity index (χ1v) is 8.53. The maximum absolute atomic E-state index is 11.5. The van der Waals surface area contributed by atoms with E-state index in [0.29, 0.717) is 12.5 Å². The van der Waals surface area contributed by atoms with Gasteiger partial charge in [0.2, 0.25) is 11.9 Å². The molecule has 1 amide bonds. The Morgan fingerprint density at radius 2 is 2.00 bits per heavy atom. The lowest BCUT2D eigenvalue weighted by Gasteiger charge is -2.15. The van der Waals surface area contributed by atoms with Crippen molar-refractivity contribution in [1.82, 2.24) is 14.9 Å². The number of benzene rings is 2. The first-order chi connectivity index (χ1) is 12.2. The Labute approximate surface area is 146 Å². The third-order valence-corrected chi connectivity index (χ3v) is 4.67. The molecule has 1 aliphatic heterocycles. The standard InChI is InChI=1S/C20H20N4O/c1-14(25)24-11-9-18(13-24)22-20-21-10-8-19(23-20)17-7-6-15-4-2-3-5-16(15)12-17/h2-8,10,12,18H,9,11,13H2,1H3,(H,21,22,23). The second-order valence-electron chi connectivity index (χ2n) is 6.42. The Morgan fingerprint density at radius 3 is 2.80 bits per heavy atom. The van der Waals surface area contributed by atoms with Crippen LogP contribution in [-0.2, 0) is 4.79 Å². The van der Waals surface area contributed by atoms with E-state index < -0.39 is 0 Å². The zero-order valence-electron chi connectivity index (χ0n) is 14.1. The molecule has 2 heterocycles. The van der Waals surface area contributed by atoms with Crippen molar-refractivity contribution in [2.45, 2.75) is 19.4 Å². The quantitative estimate of drug-likeness (QED) is 0.799. The minimum atomic E-state index is 0.120. The molecule has 0 radical (unpaired) electrons. The third kappa shape index (κ3) is 3.31. The summed E-state index contributed by atoms with van der Waals surface area (Å²) >= 11 is 0. The molecular weight excluding hydrogens is 312 g/mol. The van der Waals surface area contributed by atoms with Gasteiger partial charge in [-0.15, -0.1) is 0 Å². The maximum Gasteiger partial charge on any atom is 0.223 e. The second-order valence-corrected chi connectivity index (χ2v) is 6.42. The van der Waals surface area contributed by atoms with Crippen molar-refractivity contribution >= 4 is 22.6 Å². The molecule has 0 bridgehead atoms. The highest BCUT2D eigenvalue weighted by Gasteiger charge is 2.24. The van der Waals surface area contributed by atoms with E-state index in [0.717, 1.165) is 24.2 Å². The summed E-state index contributed by atoms with van der Waals surface area (Å²) in [7, 11) is 0. The van der Waals surface area contributed by atoms with Gasteiger partial charge < -0.3 is 10.2 Å². The van der Waals surface area contributed by atoms with E-state index in [2.05, 4.69) is 45.6 Å². The van der Waals surface area contributed by atoms with Crippen LogP contribution in [0.25, 0.3) is 22.0 Å². The van der Waals surface area contributed by atoms with E-state index >= 15 is 0 Å². The molecule has 0 aliphatic carbocycles. The summed E-state index contributed by atoms with van der Waals surface area (Å²) in [6, 6.07) is 16.8. The summed E-state index contributed by atoms with van der Waals surface area (Å²) in [5, 5.41) is 5.77. The number of aromatic nitrogens is 2. The number of carbonyl (C=O) groups is 1. The number of hydrogen-bond acceptors (Lipinski definition) is 4. The fraction of sp³-hybridized carbons (Fsp3) is 0.250. The molecule has 0 saturated carbocycles. The molecule has 4 rings (SSSR count). The summed E-state index contributed by atoms with van der Waals surface area (Å²) in [5.74, 6) is 0.733. The monoisotopic (exact) mass is 332 g/mol. The highest BCUT2D eigenvalue weighted by Crippen LogP contribution is 2.24. The van der Waals surface area contributed by atoms with Crippen LogP contribution in [0.5, 0.6) is 0 Å². The van der Waals surface area contributed by atoms with Gasteiger partial charge >= 0.3 is 0 Å². The summed E-state index contributed by atoms with van der Waals surface area (Å²) < 4.78 is 0. The van der Waals surface area contributed by atoms with Crippen LogP contribution in [0.1, 0.15) is 13.3 Å². The second kappa shape index (κ2) is 6.51. The number of rotatable bonds is 3. The van der Waals surface area contributed by atoms with Crippen molar-refractivity contribution in [2.75, 3.05) is 18.4 Å². The average molecular weight is 332 g/mol. The number of fused-ring (bicyclic) bond motifs is 1. The fourth-order valence-corrected chi connectivity index (χ4v) is 3.28. The highest BCUT2D eigenvalue weighted by molar-refractivity contribution is 5.86. The first-order valence-electron chi connectivity index (χ1n) is 8.53. The van der Waals surface area contributed by atoms with E-state index in [1.165, 1.54) is 10.8 Å². The van der Waals surface area contributed by atoms with Crippen LogP contribution in [0, 0.1) is 0 Å². The minimum Gasteiger partial charge on any atom is -0.350 e. The Hall–Kier alpha value is -2.95. The molecule has 1 aliphatic rings. The number of anilines is 1. The smallest absolute Gasteiger partial charge is 0.223 e. The Kier molecular flexibility index (Phi) is 4.06. The minimum absolute atomic E-state index is 0.120. The molecule has 1 unspecified atom stereocenters. The lowest BCUT2D eigenvalue weighted by molar-refractivity contribution is -0.127. The molecule has 1 saturated heterocycles. The molecule has 5 heteroatoms. The van der Waals surface area contributed by atoms with E-state index in [-0.39, 0.29) is 11.9 Å². The van der Waals surface area contributed by atoms with Crippen LogP contribution in [0.15, 0.2) is 54.7 Å². The van der Waals surface area contributed by atoms with Crippen molar-refractivity contribution in [1.29, 1.82) is 0 Å². The van der Waals surface area contributed by atoms with Gasteiger partial charge in [-0.05, 0) is 29.3 Å². The van der Waals surface area contributed by atoms with Crippen LogP contribution in [-0.4, -0.2) is 39.9 Å². The lowest BCUT2D eigenvalue weighted by atomic mass is 10.1. The number of nitrogens with one attached hydrogen (secondary N) is 1. The van der Waals surface area contributed by atoms with Gasteiger partial charge in [-0.3, -0.25) is 4.79 Å². The lowest BCUT2D eigenvalue weighted by Crippen LogP contribution is -2.30. The van der Waals surface area contributed by atoms with Gasteiger partial charge in [-0.25, -0.2) is 9.97 Å².